The van der Waals surface area contributed by atoms with Crippen molar-refractivity contribution in [2.24, 2.45) is 5.92 Å². The molecular weight excluding hydrogens is 394 g/mol. The molecule has 1 atom stereocenters. The highest BCUT2D eigenvalue weighted by Crippen LogP contribution is 2.36. The molecule has 2 amide bonds. The first-order chi connectivity index (χ1) is 14.9. The summed E-state index contributed by atoms with van der Waals surface area (Å²) in [5.74, 6) is -0.138. The summed E-state index contributed by atoms with van der Waals surface area (Å²) in [7, 11) is 0. The molecule has 0 saturated heterocycles. The number of nitrogens with one attached hydrogen (secondary N) is 2. The summed E-state index contributed by atoms with van der Waals surface area (Å²) in [6.45, 7) is 10.8. The molecule has 1 fully saturated rings. The summed E-state index contributed by atoms with van der Waals surface area (Å²) in [5.41, 5.74) is 1.33. The second-order valence-corrected chi connectivity index (χ2v) is 8.43. The van der Waals surface area contributed by atoms with Gasteiger partial charge >= 0.3 is 11.8 Å². The fourth-order valence-corrected chi connectivity index (χ4v) is 3.81. The maximum absolute atomic E-state index is 12.5. The number of anilines is 1. The molecule has 0 spiro atoms. The highest BCUT2D eigenvalue weighted by molar-refractivity contribution is 6.39. The normalized spacial score (nSPS) is 14.6. The summed E-state index contributed by atoms with van der Waals surface area (Å²) in [6.07, 6.45) is 3.10. The number of hydrogen-bond donors (Lipinski definition) is 2. The van der Waals surface area contributed by atoms with Gasteiger partial charge in [-0.05, 0) is 60.8 Å². The van der Waals surface area contributed by atoms with Crippen molar-refractivity contribution in [1.82, 2.24) is 30.4 Å². The van der Waals surface area contributed by atoms with Gasteiger partial charge in [-0.25, -0.2) is 4.68 Å². The Balaban J connectivity index is 1.60. The molecule has 1 aromatic heterocycles. The molecule has 168 valence electrons. The van der Waals surface area contributed by atoms with Gasteiger partial charge in [-0.15, -0.1) is 5.10 Å². The Labute approximate surface area is 183 Å². The highest BCUT2D eigenvalue weighted by Gasteiger charge is 2.28. The number of hydrogen-bond acceptors (Lipinski definition) is 6. The van der Waals surface area contributed by atoms with E-state index in [4.69, 9.17) is 0 Å². The zero-order chi connectivity index (χ0) is 22.4. The molecule has 0 bridgehead atoms. The molecule has 0 aliphatic heterocycles. The fraction of sp³-hybridized carbons (Fsp3) is 0.591. The van der Waals surface area contributed by atoms with Gasteiger partial charge in [0.05, 0.1) is 6.04 Å². The summed E-state index contributed by atoms with van der Waals surface area (Å²) in [6, 6.07) is 7.79. The van der Waals surface area contributed by atoms with E-state index in [2.05, 4.69) is 58.8 Å². The van der Waals surface area contributed by atoms with Crippen LogP contribution in [0.25, 0.3) is 11.4 Å². The van der Waals surface area contributed by atoms with Crippen molar-refractivity contribution in [2.45, 2.75) is 59.0 Å². The van der Waals surface area contributed by atoms with Crippen molar-refractivity contribution in [3.05, 3.63) is 24.3 Å². The predicted octanol–water partition coefficient (Wildman–Crippen LogP) is 2.49. The maximum atomic E-state index is 12.5. The summed E-state index contributed by atoms with van der Waals surface area (Å²) < 4.78 is 1.82. The molecule has 1 saturated carbocycles. The molecule has 1 aliphatic rings. The Bertz CT molecular complexity index is 887. The quantitative estimate of drug-likeness (QED) is 0.565. The van der Waals surface area contributed by atoms with Crippen LogP contribution in [-0.2, 0) is 9.59 Å². The molecular formula is C22H33N7O2. The Morgan fingerprint density at radius 1 is 1.19 bits per heavy atom. The summed E-state index contributed by atoms with van der Waals surface area (Å²) in [4.78, 5) is 27.2. The largest absolute Gasteiger partial charge is 0.346 e. The van der Waals surface area contributed by atoms with Crippen LogP contribution in [0.5, 0.6) is 0 Å². The lowest BCUT2D eigenvalue weighted by Crippen LogP contribution is -2.46. The molecule has 9 heteroatoms. The highest BCUT2D eigenvalue weighted by atomic mass is 16.2. The van der Waals surface area contributed by atoms with Crippen molar-refractivity contribution in [1.29, 1.82) is 0 Å². The van der Waals surface area contributed by atoms with E-state index in [1.807, 2.05) is 16.8 Å². The van der Waals surface area contributed by atoms with Crippen LogP contribution in [0.4, 0.5) is 5.69 Å². The maximum Gasteiger partial charge on any atom is 0.313 e. The van der Waals surface area contributed by atoms with Crippen LogP contribution in [0.2, 0.25) is 0 Å². The van der Waals surface area contributed by atoms with Gasteiger partial charge in [-0.3, -0.25) is 14.5 Å². The molecule has 1 unspecified atom stereocenters. The Hall–Kier alpha value is -2.81. The number of amides is 2. The lowest BCUT2D eigenvalue weighted by Gasteiger charge is -2.31. The van der Waals surface area contributed by atoms with Crippen LogP contribution in [0, 0.1) is 5.92 Å². The van der Waals surface area contributed by atoms with E-state index in [1.165, 1.54) is 0 Å². The fourth-order valence-electron chi connectivity index (χ4n) is 3.81. The van der Waals surface area contributed by atoms with Crippen LogP contribution in [-0.4, -0.2) is 62.6 Å². The van der Waals surface area contributed by atoms with Crippen molar-refractivity contribution in [2.75, 3.05) is 25.0 Å². The number of rotatable bonds is 10. The minimum Gasteiger partial charge on any atom is -0.346 e. The van der Waals surface area contributed by atoms with E-state index in [-0.39, 0.29) is 6.04 Å². The standard InChI is InChI=1S/C22H33N7O2/c1-5-28(6-2)19(12-15(3)4)14-23-21(30)22(31)24-17-9-7-8-16(13-17)20-25-26-27-29(20)18-10-11-18/h7-9,13,15,18-19H,5-6,10-12,14H2,1-4H3,(H,23,30)(H,24,31). The van der Waals surface area contributed by atoms with E-state index in [0.717, 1.165) is 37.9 Å². The first kappa shape index (κ1) is 22.9. The van der Waals surface area contributed by atoms with Gasteiger partial charge < -0.3 is 10.6 Å². The zero-order valence-electron chi connectivity index (χ0n) is 18.8. The van der Waals surface area contributed by atoms with Crippen molar-refractivity contribution >= 4 is 17.5 Å². The Kier molecular flexibility index (Phi) is 7.73. The van der Waals surface area contributed by atoms with Gasteiger partial charge in [-0.2, -0.15) is 0 Å². The molecule has 31 heavy (non-hydrogen) atoms. The van der Waals surface area contributed by atoms with E-state index in [0.29, 0.717) is 30.0 Å². The average Bonchev–Trinajstić information content (AvgIpc) is 3.48. The number of carbonyl (C=O) groups excluding carboxylic acids is 2. The van der Waals surface area contributed by atoms with Gasteiger partial charge in [0, 0.05) is 23.8 Å². The lowest BCUT2D eigenvalue weighted by molar-refractivity contribution is -0.136. The van der Waals surface area contributed by atoms with Gasteiger partial charge in [0.1, 0.15) is 0 Å². The molecule has 1 aromatic carbocycles. The van der Waals surface area contributed by atoms with Gasteiger partial charge in [0.25, 0.3) is 0 Å². The van der Waals surface area contributed by atoms with Crippen molar-refractivity contribution in [3.8, 4) is 11.4 Å². The SMILES string of the molecule is CCN(CC)C(CNC(=O)C(=O)Nc1cccc(-c2nnnn2C2CC2)c1)CC(C)C. The van der Waals surface area contributed by atoms with Crippen LogP contribution in [0.15, 0.2) is 24.3 Å². The number of benzene rings is 1. The Morgan fingerprint density at radius 2 is 1.94 bits per heavy atom. The summed E-state index contributed by atoms with van der Waals surface area (Å²) >= 11 is 0. The number of tetrazole rings is 1. The topological polar surface area (TPSA) is 105 Å². The molecule has 1 heterocycles. The van der Waals surface area contributed by atoms with E-state index in [9.17, 15) is 9.59 Å². The third kappa shape index (κ3) is 6.10. The van der Waals surface area contributed by atoms with E-state index in [1.54, 1.807) is 12.1 Å². The van der Waals surface area contributed by atoms with Crippen LogP contribution in [0.3, 0.4) is 0 Å². The average molecular weight is 428 g/mol. The van der Waals surface area contributed by atoms with Crippen molar-refractivity contribution < 1.29 is 9.59 Å². The second kappa shape index (κ2) is 10.5. The second-order valence-electron chi connectivity index (χ2n) is 8.43. The molecule has 2 aromatic rings. The molecule has 1 aliphatic carbocycles. The molecule has 9 nitrogen and oxygen atoms in total. The number of nitrogens with zero attached hydrogens (tertiary/aromatic N) is 5. The lowest BCUT2D eigenvalue weighted by atomic mass is 10.0. The van der Waals surface area contributed by atoms with Crippen LogP contribution in [0.1, 0.15) is 53.0 Å². The minimum absolute atomic E-state index is 0.205. The minimum atomic E-state index is -0.679. The van der Waals surface area contributed by atoms with Crippen LogP contribution >= 0.6 is 0 Å². The van der Waals surface area contributed by atoms with E-state index >= 15 is 0 Å². The smallest absolute Gasteiger partial charge is 0.313 e. The monoisotopic (exact) mass is 427 g/mol. The zero-order valence-corrected chi connectivity index (χ0v) is 18.8. The van der Waals surface area contributed by atoms with E-state index < -0.39 is 11.8 Å². The molecule has 2 N–H and O–H groups in total. The van der Waals surface area contributed by atoms with Crippen molar-refractivity contribution in [3.63, 3.8) is 0 Å². The number of carbonyl (C=O) groups is 2. The third-order valence-electron chi connectivity index (χ3n) is 5.54. The Morgan fingerprint density at radius 3 is 2.58 bits per heavy atom. The summed E-state index contributed by atoms with van der Waals surface area (Å²) in [5, 5.41) is 17.4. The van der Waals surface area contributed by atoms with Gasteiger partial charge in [0.2, 0.25) is 0 Å². The molecule has 3 rings (SSSR count). The number of likely N-dealkylation sites (N-methyl/N-ethyl adjacent to an activating group) is 1. The van der Waals surface area contributed by atoms with Gasteiger partial charge in [-0.1, -0.05) is 39.8 Å². The predicted molar refractivity (Wildman–Crippen MR) is 119 cm³/mol. The van der Waals surface area contributed by atoms with Gasteiger partial charge in [0.15, 0.2) is 5.82 Å². The third-order valence-corrected chi connectivity index (χ3v) is 5.54. The number of aromatic nitrogens is 4. The molecule has 0 radical (unpaired) electrons. The first-order valence-electron chi connectivity index (χ1n) is 11.1. The first-order valence-corrected chi connectivity index (χ1v) is 11.1. The van der Waals surface area contributed by atoms with Crippen LogP contribution < -0.4 is 10.6 Å².